The van der Waals surface area contributed by atoms with Crippen molar-refractivity contribution >= 4 is 27.7 Å². The van der Waals surface area contributed by atoms with Gasteiger partial charge in [0.05, 0.1) is 4.47 Å². The van der Waals surface area contributed by atoms with E-state index in [0.29, 0.717) is 16.0 Å². The lowest BCUT2D eigenvalue weighted by Crippen LogP contribution is -2.20. The largest absolute Gasteiger partial charge is 0.483 e. The number of carbonyl (C=O) groups is 1. The fraction of sp³-hybridized carbons (Fsp3) is 0.167. The molecule has 0 spiro atoms. The summed E-state index contributed by atoms with van der Waals surface area (Å²) in [5, 5.41) is 6.58. The fourth-order valence-corrected chi connectivity index (χ4v) is 1.86. The quantitative estimate of drug-likeness (QED) is 0.937. The summed E-state index contributed by atoms with van der Waals surface area (Å²) >= 11 is 3.16. The van der Waals surface area contributed by atoms with Crippen LogP contribution in [-0.2, 0) is 11.8 Å². The fourth-order valence-electron chi connectivity index (χ4n) is 1.40. The predicted octanol–water partition coefficient (Wildman–Crippen LogP) is 2.34. The Bertz CT molecular complexity index is 600. The van der Waals surface area contributed by atoms with Crippen LogP contribution in [0.3, 0.4) is 0 Å². The lowest BCUT2D eigenvalue weighted by Gasteiger charge is -2.07. The molecule has 0 aliphatic carbocycles. The number of amides is 1. The number of hydrogen-bond donors (Lipinski definition) is 1. The molecule has 1 heterocycles. The third-order valence-corrected chi connectivity index (χ3v) is 2.85. The molecular weight excluding hydrogens is 317 g/mol. The van der Waals surface area contributed by atoms with Gasteiger partial charge in [0.1, 0.15) is 11.6 Å². The first kappa shape index (κ1) is 13.5. The average Bonchev–Trinajstić information content (AvgIpc) is 2.73. The minimum atomic E-state index is -0.378. The van der Waals surface area contributed by atoms with Crippen LogP contribution in [0.1, 0.15) is 0 Å². The minimum absolute atomic E-state index is 0.180. The Morgan fingerprint density at radius 2 is 2.32 bits per heavy atom. The van der Waals surface area contributed by atoms with Gasteiger partial charge in [-0.05, 0) is 34.1 Å². The van der Waals surface area contributed by atoms with Crippen LogP contribution in [0.15, 0.2) is 34.9 Å². The van der Waals surface area contributed by atoms with Crippen molar-refractivity contribution in [2.75, 3.05) is 11.9 Å². The Morgan fingerprint density at radius 3 is 2.95 bits per heavy atom. The number of aromatic nitrogens is 2. The van der Waals surface area contributed by atoms with E-state index in [1.54, 1.807) is 24.0 Å². The third-order valence-electron chi connectivity index (χ3n) is 2.23. The maximum Gasteiger partial charge on any atom is 0.263 e. The van der Waals surface area contributed by atoms with Gasteiger partial charge in [-0.1, -0.05) is 0 Å². The highest BCUT2D eigenvalue weighted by molar-refractivity contribution is 9.10. The van der Waals surface area contributed by atoms with E-state index < -0.39 is 0 Å². The number of anilines is 1. The lowest BCUT2D eigenvalue weighted by molar-refractivity contribution is -0.118. The van der Waals surface area contributed by atoms with Gasteiger partial charge in [-0.25, -0.2) is 4.39 Å². The molecule has 100 valence electrons. The summed E-state index contributed by atoms with van der Waals surface area (Å²) in [6.45, 7) is -0.180. The van der Waals surface area contributed by atoms with Crippen LogP contribution in [0.2, 0.25) is 0 Å². The zero-order valence-corrected chi connectivity index (χ0v) is 11.6. The number of carbonyl (C=O) groups excluding carboxylic acids is 1. The highest BCUT2D eigenvalue weighted by Crippen LogP contribution is 2.25. The smallest absolute Gasteiger partial charge is 0.263 e. The Morgan fingerprint density at radius 1 is 1.53 bits per heavy atom. The van der Waals surface area contributed by atoms with Crippen LogP contribution in [0.25, 0.3) is 0 Å². The second-order valence-electron chi connectivity index (χ2n) is 3.79. The van der Waals surface area contributed by atoms with Gasteiger partial charge in [-0.2, -0.15) is 5.10 Å². The van der Waals surface area contributed by atoms with Crippen molar-refractivity contribution in [1.82, 2.24) is 9.78 Å². The molecule has 1 N–H and O–H groups in total. The van der Waals surface area contributed by atoms with E-state index in [4.69, 9.17) is 4.74 Å². The normalized spacial score (nSPS) is 10.3. The number of rotatable bonds is 4. The van der Waals surface area contributed by atoms with Crippen LogP contribution in [0.4, 0.5) is 10.2 Å². The van der Waals surface area contributed by atoms with Gasteiger partial charge >= 0.3 is 0 Å². The third kappa shape index (κ3) is 3.78. The molecule has 0 bridgehead atoms. The second kappa shape index (κ2) is 5.83. The van der Waals surface area contributed by atoms with Crippen LogP contribution in [0.5, 0.6) is 5.75 Å². The number of ether oxygens (including phenoxy) is 1. The van der Waals surface area contributed by atoms with Crippen molar-refractivity contribution in [1.29, 1.82) is 0 Å². The van der Waals surface area contributed by atoms with Gasteiger partial charge in [-0.15, -0.1) is 0 Å². The molecule has 2 aromatic rings. The summed E-state index contributed by atoms with van der Waals surface area (Å²) in [5.74, 6) is 0.138. The van der Waals surface area contributed by atoms with Gasteiger partial charge in [-0.3, -0.25) is 9.48 Å². The second-order valence-corrected chi connectivity index (χ2v) is 4.64. The molecule has 19 heavy (non-hydrogen) atoms. The summed E-state index contributed by atoms with van der Waals surface area (Å²) < 4.78 is 20.2. The first-order valence-corrected chi connectivity index (χ1v) is 6.21. The van der Waals surface area contributed by atoms with E-state index in [-0.39, 0.29) is 18.3 Å². The van der Waals surface area contributed by atoms with Crippen LogP contribution in [-0.4, -0.2) is 22.3 Å². The Labute approximate surface area is 117 Å². The Hall–Kier alpha value is -1.89. The minimum Gasteiger partial charge on any atom is -0.483 e. The first-order chi connectivity index (χ1) is 9.04. The van der Waals surface area contributed by atoms with Gasteiger partial charge in [0, 0.05) is 19.3 Å². The van der Waals surface area contributed by atoms with Crippen molar-refractivity contribution < 1.29 is 13.9 Å². The Balaban J connectivity index is 1.89. The maximum absolute atomic E-state index is 12.9. The number of benzene rings is 1. The number of nitrogens with zero attached hydrogens (tertiary/aromatic N) is 2. The highest BCUT2D eigenvalue weighted by Gasteiger charge is 2.08. The Kier molecular flexibility index (Phi) is 4.16. The van der Waals surface area contributed by atoms with Crippen molar-refractivity contribution in [3.05, 3.63) is 40.8 Å². The zero-order valence-electron chi connectivity index (χ0n) is 10.1. The molecule has 0 radical (unpaired) electrons. The molecule has 0 aliphatic rings. The van der Waals surface area contributed by atoms with Gasteiger partial charge in [0.25, 0.3) is 5.91 Å². The molecule has 5 nitrogen and oxygen atoms in total. The molecule has 0 saturated carbocycles. The number of halogens is 2. The van der Waals surface area contributed by atoms with E-state index in [1.807, 2.05) is 0 Å². The van der Waals surface area contributed by atoms with Gasteiger partial charge < -0.3 is 10.1 Å². The van der Waals surface area contributed by atoms with E-state index in [2.05, 4.69) is 26.3 Å². The maximum atomic E-state index is 12.9. The van der Waals surface area contributed by atoms with E-state index in [0.717, 1.165) is 0 Å². The highest BCUT2D eigenvalue weighted by atomic mass is 79.9. The molecule has 0 unspecified atom stereocenters. The van der Waals surface area contributed by atoms with Crippen molar-refractivity contribution in [3.63, 3.8) is 0 Å². The van der Waals surface area contributed by atoms with Crippen molar-refractivity contribution in [3.8, 4) is 5.75 Å². The summed E-state index contributed by atoms with van der Waals surface area (Å²) in [4.78, 5) is 11.6. The first-order valence-electron chi connectivity index (χ1n) is 5.42. The predicted molar refractivity (Wildman–Crippen MR) is 71.4 cm³/mol. The number of nitrogens with one attached hydrogen (secondary N) is 1. The number of aryl methyl sites for hydroxylation is 1. The summed E-state index contributed by atoms with van der Waals surface area (Å²) in [5.41, 5.74) is 0. The zero-order chi connectivity index (χ0) is 13.8. The molecule has 2 rings (SSSR count). The van der Waals surface area contributed by atoms with E-state index >= 15 is 0 Å². The topological polar surface area (TPSA) is 56.2 Å². The monoisotopic (exact) mass is 327 g/mol. The molecule has 0 fully saturated rings. The standard InChI is InChI=1S/C12H11BrFN3O2/c1-17-5-4-11(16-17)15-12(18)7-19-10-3-2-8(14)6-9(10)13/h2-6H,7H2,1H3,(H,15,16,18). The van der Waals surface area contributed by atoms with E-state index in [9.17, 15) is 9.18 Å². The van der Waals surface area contributed by atoms with Crippen LogP contribution >= 0.6 is 15.9 Å². The number of hydrogen-bond acceptors (Lipinski definition) is 3. The van der Waals surface area contributed by atoms with Crippen molar-refractivity contribution in [2.45, 2.75) is 0 Å². The van der Waals surface area contributed by atoms with Gasteiger partial charge in [0.15, 0.2) is 12.4 Å². The molecule has 0 atom stereocenters. The average molecular weight is 328 g/mol. The van der Waals surface area contributed by atoms with Crippen LogP contribution in [0, 0.1) is 5.82 Å². The van der Waals surface area contributed by atoms with Gasteiger partial charge in [0.2, 0.25) is 0 Å². The molecule has 0 saturated heterocycles. The molecule has 1 amide bonds. The molecule has 7 heteroatoms. The SMILES string of the molecule is Cn1ccc(NC(=O)COc2ccc(F)cc2Br)n1. The molecular formula is C12H11BrFN3O2. The summed E-state index contributed by atoms with van der Waals surface area (Å²) in [7, 11) is 1.75. The van der Waals surface area contributed by atoms with E-state index in [1.165, 1.54) is 18.2 Å². The summed E-state index contributed by atoms with van der Waals surface area (Å²) in [6, 6.07) is 5.65. The van der Waals surface area contributed by atoms with Crippen molar-refractivity contribution in [2.24, 2.45) is 7.05 Å². The molecule has 1 aromatic heterocycles. The van der Waals surface area contributed by atoms with Crippen LogP contribution < -0.4 is 10.1 Å². The molecule has 0 aliphatic heterocycles. The lowest BCUT2D eigenvalue weighted by atomic mass is 10.3. The molecule has 1 aromatic carbocycles. The summed E-state index contributed by atoms with van der Waals surface area (Å²) in [6.07, 6.45) is 1.72.